The molecule has 2 heterocycles. The number of hydrogen-bond acceptors (Lipinski definition) is 5. The van der Waals surface area contributed by atoms with Crippen molar-refractivity contribution in [1.82, 2.24) is 10.0 Å². The van der Waals surface area contributed by atoms with Gasteiger partial charge in [0, 0.05) is 37.0 Å². The fraction of sp³-hybridized carbons (Fsp3) is 0.421. The molecule has 1 unspecified atom stereocenters. The lowest BCUT2D eigenvalue weighted by Gasteiger charge is -2.38. The Bertz CT molecular complexity index is 916. The number of ketones is 1. The van der Waals surface area contributed by atoms with E-state index in [1.807, 2.05) is 13.8 Å². The molecule has 1 aliphatic carbocycles. The van der Waals surface area contributed by atoms with E-state index < -0.39 is 11.0 Å². The minimum Gasteiger partial charge on any atom is -0.294 e. The second kappa shape index (κ2) is 5.73. The van der Waals surface area contributed by atoms with Gasteiger partial charge in [-0.05, 0) is 29.5 Å². The van der Waals surface area contributed by atoms with Crippen LogP contribution in [0.25, 0.3) is 0 Å². The highest BCUT2D eigenvalue weighted by Gasteiger charge is 2.52. The van der Waals surface area contributed by atoms with Gasteiger partial charge in [-0.25, -0.2) is 10.0 Å². The number of Topliss-reactive ketones (excluding diaryl/α,β-unsaturated/α-hetero) is 1. The van der Waals surface area contributed by atoms with Crippen molar-refractivity contribution in [3.05, 3.63) is 51.2 Å². The molecule has 27 heavy (non-hydrogen) atoms. The van der Waals surface area contributed by atoms with Crippen LogP contribution < -0.4 is 0 Å². The van der Waals surface area contributed by atoms with Crippen LogP contribution >= 0.6 is 0 Å². The van der Waals surface area contributed by atoms with E-state index in [4.69, 9.17) is 0 Å². The molecule has 1 aromatic carbocycles. The van der Waals surface area contributed by atoms with E-state index in [2.05, 4.69) is 0 Å². The minimum atomic E-state index is -0.707. The Morgan fingerprint density at radius 3 is 2.30 bits per heavy atom. The Morgan fingerprint density at radius 1 is 1.04 bits per heavy atom. The second-order valence-electron chi connectivity index (χ2n) is 8.00. The van der Waals surface area contributed by atoms with Crippen LogP contribution in [0.2, 0.25) is 0 Å². The predicted molar refractivity (Wildman–Crippen MR) is 93.8 cm³/mol. The molecule has 0 spiro atoms. The Labute approximate surface area is 155 Å². The fourth-order valence-electron chi connectivity index (χ4n) is 4.22. The van der Waals surface area contributed by atoms with Gasteiger partial charge >= 0.3 is 0 Å². The summed E-state index contributed by atoms with van der Waals surface area (Å²) in [7, 11) is 0. The molecule has 1 aromatic rings. The third-order valence-corrected chi connectivity index (χ3v) is 5.35. The van der Waals surface area contributed by atoms with E-state index in [-0.39, 0.29) is 41.5 Å². The molecule has 0 radical (unpaired) electrons. The molecule has 140 valence electrons. The van der Waals surface area contributed by atoms with Gasteiger partial charge in [0.1, 0.15) is 6.04 Å². The van der Waals surface area contributed by atoms with Crippen molar-refractivity contribution in [2.45, 2.75) is 45.6 Å². The number of benzene rings is 1. The summed E-state index contributed by atoms with van der Waals surface area (Å²) >= 11 is 0. The maximum absolute atomic E-state index is 13.0. The molecule has 3 aliphatic rings. The molecular weight excluding hydrogens is 350 g/mol. The molecule has 0 bridgehead atoms. The van der Waals surface area contributed by atoms with Gasteiger partial charge in [0.2, 0.25) is 11.8 Å². The van der Waals surface area contributed by atoms with Crippen LogP contribution in [0.1, 0.15) is 51.1 Å². The van der Waals surface area contributed by atoms with Crippen LogP contribution in [0.15, 0.2) is 35.5 Å². The third-order valence-electron chi connectivity index (χ3n) is 5.35. The lowest BCUT2D eigenvalue weighted by atomic mass is 9.74. The first-order valence-corrected chi connectivity index (χ1v) is 8.85. The molecule has 2 amide bonds. The van der Waals surface area contributed by atoms with E-state index in [0.29, 0.717) is 29.7 Å². The van der Waals surface area contributed by atoms with Crippen molar-refractivity contribution in [1.29, 1.82) is 0 Å². The highest BCUT2D eigenvalue weighted by molar-refractivity contribution is 6.03. The number of fused-ring (bicyclic) bond motifs is 2. The molecule has 2 aliphatic heterocycles. The number of nitro groups is 1. The predicted octanol–water partition coefficient (Wildman–Crippen LogP) is 2.66. The molecule has 4 rings (SSSR count). The molecule has 8 nitrogen and oxygen atoms in total. The number of nitrogens with zero attached hydrogens (tertiary/aromatic N) is 3. The van der Waals surface area contributed by atoms with Crippen molar-refractivity contribution in [3.8, 4) is 0 Å². The Balaban J connectivity index is 1.87. The molecule has 8 heteroatoms. The number of hydrogen-bond donors (Lipinski definition) is 0. The fourth-order valence-corrected chi connectivity index (χ4v) is 4.22. The average molecular weight is 369 g/mol. The Kier molecular flexibility index (Phi) is 3.69. The normalized spacial score (nSPS) is 24.2. The number of nitro benzene ring substituents is 1. The maximum Gasteiger partial charge on any atom is 0.269 e. The van der Waals surface area contributed by atoms with Gasteiger partial charge in [-0.15, -0.1) is 0 Å². The number of allylic oxidation sites excluding steroid dienone is 1. The zero-order chi connectivity index (χ0) is 19.5. The van der Waals surface area contributed by atoms with Gasteiger partial charge in [0.05, 0.1) is 10.6 Å². The van der Waals surface area contributed by atoms with E-state index in [9.17, 15) is 24.5 Å². The summed E-state index contributed by atoms with van der Waals surface area (Å²) in [6, 6.07) is 5.10. The van der Waals surface area contributed by atoms with Crippen LogP contribution in [-0.2, 0) is 14.4 Å². The van der Waals surface area contributed by atoms with Crippen LogP contribution in [-0.4, -0.2) is 32.5 Å². The van der Waals surface area contributed by atoms with Crippen molar-refractivity contribution < 1.29 is 19.3 Å². The first-order chi connectivity index (χ1) is 12.7. The maximum atomic E-state index is 13.0. The van der Waals surface area contributed by atoms with Crippen molar-refractivity contribution in [2.75, 3.05) is 0 Å². The smallest absolute Gasteiger partial charge is 0.269 e. The van der Waals surface area contributed by atoms with Crippen LogP contribution in [0.3, 0.4) is 0 Å². The quantitative estimate of drug-likeness (QED) is 0.589. The number of rotatable bonds is 2. The average Bonchev–Trinajstić information content (AvgIpc) is 2.93. The zero-order valence-electron chi connectivity index (χ0n) is 15.1. The molecule has 0 aromatic heterocycles. The Morgan fingerprint density at radius 2 is 1.67 bits per heavy atom. The number of non-ortho nitro benzene ring substituents is 1. The lowest BCUT2D eigenvalue weighted by molar-refractivity contribution is -0.384. The van der Waals surface area contributed by atoms with E-state index >= 15 is 0 Å². The molecule has 1 fully saturated rings. The summed E-state index contributed by atoms with van der Waals surface area (Å²) in [5, 5.41) is 13.7. The summed E-state index contributed by atoms with van der Waals surface area (Å²) in [5.41, 5.74) is 1.28. The highest BCUT2D eigenvalue weighted by Crippen LogP contribution is 2.51. The summed E-state index contributed by atoms with van der Waals surface area (Å²) in [6.45, 7) is 3.93. The summed E-state index contributed by atoms with van der Waals surface area (Å²) < 4.78 is 0. The van der Waals surface area contributed by atoms with Crippen LogP contribution in [0.5, 0.6) is 0 Å². The SMILES string of the molecule is CC1(C)CC(=O)C2=C(C1)N1C(=O)CCC(=O)N1C2c1ccc([N+](=O)[O-])cc1. The van der Waals surface area contributed by atoms with Gasteiger partial charge in [0.25, 0.3) is 5.69 Å². The van der Waals surface area contributed by atoms with Crippen molar-refractivity contribution in [3.63, 3.8) is 0 Å². The summed E-state index contributed by atoms with van der Waals surface area (Å²) in [5.74, 6) is -0.505. The molecule has 0 N–H and O–H groups in total. The number of amides is 2. The number of hydrazine groups is 1. The molecule has 1 atom stereocenters. The third kappa shape index (κ3) is 2.63. The number of carbonyl (C=O) groups excluding carboxylic acids is 3. The number of carbonyl (C=O) groups is 3. The summed E-state index contributed by atoms with van der Waals surface area (Å²) in [4.78, 5) is 48.7. The minimum absolute atomic E-state index is 0.0695. The monoisotopic (exact) mass is 369 g/mol. The topological polar surface area (TPSA) is 101 Å². The first kappa shape index (κ1) is 17.4. The zero-order valence-corrected chi connectivity index (χ0v) is 15.1. The van der Waals surface area contributed by atoms with Gasteiger partial charge in [-0.1, -0.05) is 13.8 Å². The van der Waals surface area contributed by atoms with Crippen LogP contribution in [0.4, 0.5) is 5.69 Å². The van der Waals surface area contributed by atoms with Gasteiger partial charge in [0.15, 0.2) is 5.78 Å². The second-order valence-corrected chi connectivity index (χ2v) is 8.00. The largest absolute Gasteiger partial charge is 0.294 e. The standard InChI is InChI=1S/C19H19N3O5/c1-19(2)9-13-17(14(23)10-19)18(11-3-5-12(6-4-11)22(26)27)21-16(25)8-7-15(24)20(13)21/h3-6,18H,7-10H2,1-2H3. The van der Waals surface area contributed by atoms with E-state index in [0.717, 1.165) is 0 Å². The van der Waals surface area contributed by atoms with Crippen LogP contribution in [0, 0.1) is 15.5 Å². The first-order valence-electron chi connectivity index (χ1n) is 8.85. The van der Waals surface area contributed by atoms with Crippen molar-refractivity contribution >= 4 is 23.3 Å². The lowest BCUT2D eigenvalue weighted by Crippen LogP contribution is -2.50. The molecule has 1 saturated heterocycles. The van der Waals surface area contributed by atoms with Crippen molar-refractivity contribution in [2.24, 2.45) is 5.41 Å². The highest BCUT2D eigenvalue weighted by atomic mass is 16.6. The van der Waals surface area contributed by atoms with E-state index in [1.54, 1.807) is 12.1 Å². The van der Waals surface area contributed by atoms with E-state index in [1.165, 1.54) is 22.2 Å². The van der Waals surface area contributed by atoms with Gasteiger partial charge in [-0.3, -0.25) is 24.5 Å². The van der Waals surface area contributed by atoms with Gasteiger partial charge in [-0.2, -0.15) is 0 Å². The molecular formula is C19H19N3O5. The van der Waals surface area contributed by atoms with Gasteiger partial charge < -0.3 is 0 Å². The Hall–Kier alpha value is -3.03. The summed E-state index contributed by atoms with van der Waals surface area (Å²) in [6.07, 6.45) is 1.07. The molecule has 0 saturated carbocycles.